The average Bonchev–Trinajstić information content (AvgIpc) is 2.59. The van der Waals surface area contributed by atoms with E-state index in [9.17, 15) is 14.0 Å². The van der Waals surface area contributed by atoms with Crippen molar-refractivity contribution in [2.75, 3.05) is 22.5 Å². The summed E-state index contributed by atoms with van der Waals surface area (Å²) in [6.07, 6.45) is -0.227. The van der Waals surface area contributed by atoms with Gasteiger partial charge < -0.3 is 15.8 Å². The summed E-state index contributed by atoms with van der Waals surface area (Å²) in [6, 6.07) is 8.54. The molecular formula is C17H17FN4O3. The van der Waals surface area contributed by atoms with E-state index in [2.05, 4.69) is 10.3 Å². The second-order valence-electron chi connectivity index (χ2n) is 5.55. The Morgan fingerprint density at radius 1 is 1.32 bits per heavy atom. The number of hydrogen-bond acceptors (Lipinski definition) is 5. The van der Waals surface area contributed by atoms with E-state index in [0.29, 0.717) is 17.9 Å². The Labute approximate surface area is 143 Å². The minimum atomic E-state index is -0.684. The number of carbonyl (C=O) groups excluding carboxylic acids is 2. The van der Waals surface area contributed by atoms with Crippen molar-refractivity contribution in [2.24, 2.45) is 0 Å². The molecule has 1 unspecified atom stereocenters. The number of nitrogen functional groups attached to an aromatic ring is 1. The highest BCUT2D eigenvalue weighted by Gasteiger charge is 2.35. The number of fused-ring (bicyclic) bond motifs is 1. The zero-order chi connectivity index (χ0) is 18.0. The SMILES string of the molecule is CCC1Oc2ccc(N)nc2N(CC(=O)Nc2ccc(F)cc2)C1=O. The van der Waals surface area contributed by atoms with Gasteiger partial charge in [0.25, 0.3) is 5.91 Å². The first-order chi connectivity index (χ1) is 12.0. The molecule has 25 heavy (non-hydrogen) atoms. The highest BCUT2D eigenvalue weighted by atomic mass is 19.1. The minimum absolute atomic E-state index is 0.212. The number of rotatable bonds is 4. The van der Waals surface area contributed by atoms with Crippen LogP contribution >= 0.6 is 0 Å². The molecule has 130 valence electrons. The molecule has 2 aromatic rings. The Bertz CT molecular complexity index is 810. The molecular weight excluding hydrogens is 327 g/mol. The summed E-state index contributed by atoms with van der Waals surface area (Å²) < 4.78 is 18.5. The van der Waals surface area contributed by atoms with Crippen LogP contribution in [0, 0.1) is 5.82 Å². The molecule has 1 aliphatic heterocycles. The Morgan fingerprint density at radius 3 is 2.72 bits per heavy atom. The maximum absolute atomic E-state index is 12.9. The number of anilines is 3. The van der Waals surface area contributed by atoms with Crippen molar-refractivity contribution >= 4 is 29.1 Å². The third-order valence-corrected chi connectivity index (χ3v) is 3.73. The first-order valence-corrected chi connectivity index (χ1v) is 7.78. The first-order valence-electron chi connectivity index (χ1n) is 7.78. The lowest BCUT2D eigenvalue weighted by molar-refractivity contribution is -0.128. The number of amides is 2. The molecule has 7 nitrogen and oxygen atoms in total. The number of nitrogens with one attached hydrogen (secondary N) is 1. The predicted molar refractivity (Wildman–Crippen MR) is 90.7 cm³/mol. The summed E-state index contributed by atoms with van der Waals surface area (Å²) in [5.41, 5.74) is 6.11. The fraction of sp³-hybridized carbons (Fsp3) is 0.235. The predicted octanol–water partition coefficient (Wildman–Crippen LogP) is 1.95. The molecule has 0 saturated heterocycles. The van der Waals surface area contributed by atoms with Crippen LogP contribution in [0.2, 0.25) is 0 Å². The minimum Gasteiger partial charge on any atom is -0.477 e. The van der Waals surface area contributed by atoms with Crippen molar-refractivity contribution in [3.8, 4) is 5.75 Å². The van der Waals surface area contributed by atoms with Crippen LogP contribution in [0.1, 0.15) is 13.3 Å². The molecule has 0 bridgehead atoms. The summed E-state index contributed by atoms with van der Waals surface area (Å²) in [4.78, 5) is 30.2. The molecule has 0 aliphatic carbocycles. The quantitative estimate of drug-likeness (QED) is 0.883. The fourth-order valence-electron chi connectivity index (χ4n) is 2.51. The van der Waals surface area contributed by atoms with Crippen LogP contribution in [0.3, 0.4) is 0 Å². The zero-order valence-electron chi connectivity index (χ0n) is 13.5. The lowest BCUT2D eigenvalue weighted by Crippen LogP contribution is -2.49. The molecule has 3 N–H and O–H groups in total. The van der Waals surface area contributed by atoms with Gasteiger partial charge in [-0.3, -0.25) is 14.5 Å². The molecule has 1 aromatic heterocycles. The fourth-order valence-corrected chi connectivity index (χ4v) is 2.51. The molecule has 0 radical (unpaired) electrons. The van der Waals surface area contributed by atoms with Crippen LogP contribution in [0.5, 0.6) is 5.75 Å². The van der Waals surface area contributed by atoms with Crippen molar-refractivity contribution in [3.63, 3.8) is 0 Å². The maximum atomic E-state index is 12.9. The van der Waals surface area contributed by atoms with Crippen molar-refractivity contribution in [3.05, 3.63) is 42.2 Å². The van der Waals surface area contributed by atoms with Gasteiger partial charge in [-0.25, -0.2) is 9.37 Å². The monoisotopic (exact) mass is 344 g/mol. The van der Waals surface area contributed by atoms with Gasteiger partial charge in [-0.15, -0.1) is 0 Å². The number of hydrogen-bond donors (Lipinski definition) is 2. The number of nitrogens with zero attached hydrogens (tertiary/aromatic N) is 2. The van der Waals surface area contributed by atoms with Gasteiger partial charge in [0.15, 0.2) is 17.7 Å². The smallest absolute Gasteiger partial charge is 0.269 e. The van der Waals surface area contributed by atoms with Gasteiger partial charge in [0, 0.05) is 5.69 Å². The Kier molecular flexibility index (Phi) is 4.51. The molecule has 1 aliphatic rings. The summed E-state index contributed by atoms with van der Waals surface area (Å²) in [5, 5.41) is 2.62. The van der Waals surface area contributed by atoms with E-state index < -0.39 is 17.8 Å². The molecule has 3 rings (SSSR count). The number of benzene rings is 1. The molecule has 8 heteroatoms. The number of pyridine rings is 1. The lowest BCUT2D eigenvalue weighted by Gasteiger charge is -2.32. The highest BCUT2D eigenvalue weighted by Crippen LogP contribution is 2.33. The molecule has 0 fully saturated rings. The summed E-state index contributed by atoms with van der Waals surface area (Å²) in [5.74, 6) is -0.372. The van der Waals surface area contributed by atoms with Gasteiger partial charge in [-0.05, 0) is 42.8 Å². The van der Waals surface area contributed by atoms with E-state index in [-0.39, 0.29) is 24.1 Å². The van der Waals surface area contributed by atoms with Crippen LogP contribution in [0.4, 0.5) is 21.7 Å². The van der Waals surface area contributed by atoms with Crippen molar-refractivity contribution < 1.29 is 18.7 Å². The molecule has 0 spiro atoms. The Morgan fingerprint density at radius 2 is 2.04 bits per heavy atom. The number of carbonyl (C=O) groups is 2. The van der Waals surface area contributed by atoms with Crippen LogP contribution < -0.4 is 20.7 Å². The Balaban J connectivity index is 1.82. The van der Waals surface area contributed by atoms with E-state index >= 15 is 0 Å². The van der Waals surface area contributed by atoms with Gasteiger partial charge in [-0.1, -0.05) is 6.92 Å². The average molecular weight is 344 g/mol. The largest absolute Gasteiger partial charge is 0.477 e. The summed E-state index contributed by atoms with van der Waals surface area (Å²) in [6.45, 7) is 1.56. The number of nitrogens with two attached hydrogens (primary N) is 1. The normalized spacial score (nSPS) is 16.2. The van der Waals surface area contributed by atoms with Crippen LogP contribution in [-0.4, -0.2) is 29.4 Å². The Hall–Kier alpha value is -3.16. The van der Waals surface area contributed by atoms with E-state index in [1.807, 2.05) is 6.92 Å². The van der Waals surface area contributed by atoms with Gasteiger partial charge in [0.2, 0.25) is 5.91 Å². The standard InChI is InChI=1S/C17H17FN4O3/c1-2-12-17(24)22(16-13(25-12)7-8-14(19)21-16)9-15(23)20-11-5-3-10(18)4-6-11/h3-8,12H,2,9H2,1H3,(H2,19,21)(H,20,23). The third kappa shape index (κ3) is 3.52. The summed E-state index contributed by atoms with van der Waals surface area (Å²) >= 11 is 0. The van der Waals surface area contributed by atoms with Gasteiger partial charge >= 0.3 is 0 Å². The molecule has 1 atom stereocenters. The van der Waals surface area contributed by atoms with E-state index in [1.165, 1.54) is 29.2 Å². The molecule has 2 heterocycles. The van der Waals surface area contributed by atoms with Gasteiger partial charge in [0.05, 0.1) is 0 Å². The van der Waals surface area contributed by atoms with E-state index in [0.717, 1.165) is 0 Å². The van der Waals surface area contributed by atoms with Crippen LogP contribution in [0.25, 0.3) is 0 Å². The van der Waals surface area contributed by atoms with E-state index in [1.54, 1.807) is 12.1 Å². The van der Waals surface area contributed by atoms with Crippen LogP contribution in [-0.2, 0) is 9.59 Å². The first kappa shape index (κ1) is 16.7. The third-order valence-electron chi connectivity index (χ3n) is 3.73. The van der Waals surface area contributed by atoms with Crippen molar-refractivity contribution in [1.29, 1.82) is 0 Å². The number of halogens is 1. The van der Waals surface area contributed by atoms with Gasteiger partial charge in [-0.2, -0.15) is 0 Å². The topological polar surface area (TPSA) is 97.6 Å². The van der Waals surface area contributed by atoms with Crippen molar-refractivity contribution in [2.45, 2.75) is 19.4 Å². The number of ether oxygens (including phenoxy) is 1. The van der Waals surface area contributed by atoms with E-state index in [4.69, 9.17) is 10.5 Å². The molecule has 0 saturated carbocycles. The second-order valence-corrected chi connectivity index (χ2v) is 5.55. The molecule has 2 amide bonds. The van der Waals surface area contributed by atoms with Crippen molar-refractivity contribution in [1.82, 2.24) is 4.98 Å². The lowest BCUT2D eigenvalue weighted by atomic mass is 10.2. The maximum Gasteiger partial charge on any atom is 0.269 e. The summed E-state index contributed by atoms with van der Waals surface area (Å²) in [7, 11) is 0. The van der Waals surface area contributed by atoms with Gasteiger partial charge in [0.1, 0.15) is 18.2 Å². The van der Waals surface area contributed by atoms with Crippen LogP contribution in [0.15, 0.2) is 36.4 Å². The zero-order valence-corrected chi connectivity index (χ0v) is 13.5. The highest BCUT2D eigenvalue weighted by molar-refractivity contribution is 6.05. The number of aromatic nitrogens is 1. The second kappa shape index (κ2) is 6.76. The molecule has 1 aromatic carbocycles.